The fourth-order valence-electron chi connectivity index (χ4n) is 5.93. The Kier molecular flexibility index (Phi) is 5.66. The van der Waals surface area contributed by atoms with Gasteiger partial charge in [-0.1, -0.05) is 37.1 Å². The molecule has 2 aromatic rings. The Balaban J connectivity index is 1.78. The normalized spacial score (nSPS) is 26.3. The second-order valence-electron chi connectivity index (χ2n) is 9.08. The zero-order chi connectivity index (χ0) is 22.2. The monoisotopic (exact) mass is 439 g/mol. The predicted molar refractivity (Wildman–Crippen MR) is 117 cm³/mol. The first-order valence-electron chi connectivity index (χ1n) is 11.5. The summed E-state index contributed by atoms with van der Waals surface area (Å²) in [5.41, 5.74) is 2.68. The number of para-hydroxylation sites is 1. The Morgan fingerprint density at radius 1 is 1.09 bits per heavy atom. The van der Waals surface area contributed by atoms with E-state index in [2.05, 4.69) is 10.3 Å². The second kappa shape index (κ2) is 8.60. The maximum absolute atomic E-state index is 14.0. The zero-order valence-corrected chi connectivity index (χ0v) is 17.9. The van der Waals surface area contributed by atoms with Crippen LogP contribution < -0.4 is 5.32 Å². The first-order valence-corrected chi connectivity index (χ1v) is 11.5. The van der Waals surface area contributed by atoms with Crippen LogP contribution in [0.3, 0.4) is 0 Å². The smallest absolute Gasteiger partial charge is 0.315 e. The Labute approximate surface area is 185 Å². The van der Waals surface area contributed by atoms with Crippen molar-refractivity contribution in [2.75, 3.05) is 6.54 Å². The second-order valence-corrected chi connectivity index (χ2v) is 9.08. The third-order valence-corrected chi connectivity index (χ3v) is 7.32. The fraction of sp³-hybridized carbons (Fsp3) is 0.480. The number of alkyl halides is 2. The zero-order valence-electron chi connectivity index (χ0n) is 17.9. The van der Waals surface area contributed by atoms with Crippen LogP contribution in [0, 0.1) is 5.92 Å². The molecular weight excluding hydrogens is 412 g/mol. The third-order valence-electron chi connectivity index (χ3n) is 7.32. The maximum Gasteiger partial charge on any atom is 0.315 e. The molecule has 3 atom stereocenters. The summed E-state index contributed by atoms with van der Waals surface area (Å²) in [6.45, 7) is 0.412. The first-order chi connectivity index (χ1) is 15.6. The molecule has 1 aromatic carbocycles. The molecule has 1 fully saturated rings. The fourth-order valence-corrected chi connectivity index (χ4v) is 5.93. The molecule has 7 heteroatoms. The number of nitrogens with one attached hydrogen (secondary N) is 1. The number of fused-ring (bicyclic) bond motifs is 2. The van der Waals surface area contributed by atoms with Crippen molar-refractivity contribution in [3.8, 4) is 0 Å². The highest BCUT2D eigenvalue weighted by Crippen LogP contribution is 2.44. The Morgan fingerprint density at radius 2 is 1.88 bits per heavy atom. The highest BCUT2D eigenvalue weighted by atomic mass is 19.3. The molecule has 1 saturated carbocycles. The van der Waals surface area contributed by atoms with Gasteiger partial charge in [0.05, 0.1) is 11.6 Å². The van der Waals surface area contributed by atoms with Crippen LogP contribution in [0.4, 0.5) is 8.78 Å². The van der Waals surface area contributed by atoms with E-state index in [0.717, 1.165) is 49.5 Å². The van der Waals surface area contributed by atoms with Crippen LogP contribution in [-0.4, -0.2) is 40.7 Å². The number of hydrogen-bond acceptors (Lipinski definition) is 3. The molecule has 5 nitrogen and oxygen atoms in total. The molecule has 1 unspecified atom stereocenters. The minimum absolute atomic E-state index is 0.167. The van der Waals surface area contributed by atoms with Crippen molar-refractivity contribution in [1.82, 2.24) is 15.2 Å². The average molecular weight is 440 g/mol. The number of aromatic nitrogens is 1. The molecule has 2 amide bonds. The molecule has 32 heavy (non-hydrogen) atoms. The van der Waals surface area contributed by atoms with Crippen LogP contribution in [0.5, 0.6) is 0 Å². The van der Waals surface area contributed by atoms with Gasteiger partial charge in [-0.3, -0.25) is 14.6 Å². The van der Waals surface area contributed by atoms with Crippen LogP contribution in [0.15, 0.2) is 47.7 Å². The van der Waals surface area contributed by atoms with E-state index in [1.165, 1.54) is 4.90 Å². The molecule has 3 aliphatic rings. The molecule has 3 heterocycles. The molecule has 168 valence electrons. The average Bonchev–Trinajstić information content (AvgIpc) is 3.19. The van der Waals surface area contributed by atoms with Crippen LogP contribution in [-0.2, 0) is 9.59 Å². The lowest BCUT2D eigenvalue weighted by Gasteiger charge is -2.44. The van der Waals surface area contributed by atoms with E-state index in [-0.39, 0.29) is 17.9 Å². The lowest BCUT2D eigenvalue weighted by Crippen LogP contribution is -2.51. The molecule has 2 aliphatic heterocycles. The van der Waals surface area contributed by atoms with Crippen LogP contribution >= 0.6 is 0 Å². The van der Waals surface area contributed by atoms with Gasteiger partial charge in [-0.15, -0.1) is 0 Å². The van der Waals surface area contributed by atoms with Crippen LogP contribution in [0.2, 0.25) is 0 Å². The number of halogens is 2. The number of carbonyl (C=O) groups excluding carboxylic acids is 2. The minimum Gasteiger partial charge on any atom is -0.348 e. The summed E-state index contributed by atoms with van der Waals surface area (Å²) in [7, 11) is 0. The number of rotatable bonds is 2. The summed E-state index contributed by atoms with van der Waals surface area (Å²) < 4.78 is 28.1. The number of nitrogens with zero attached hydrogens (tertiary/aromatic N) is 2. The number of amides is 2. The number of benzene rings is 1. The predicted octanol–water partition coefficient (Wildman–Crippen LogP) is 4.54. The van der Waals surface area contributed by atoms with Gasteiger partial charge in [0.15, 0.2) is 0 Å². The summed E-state index contributed by atoms with van der Waals surface area (Å²) in [6.07, 6.45) is 4.60. The lowest BCUT2D eigenvalue weighted by molar-refractivity contribution is -0.150. The van der Waals surface area contributed by atoms with E-state index < -0.39 is 18.4 Å². The summed E-state index contributed by atoms with van der Waals surface area (Å²) in [4.78, 5) is 32.1. The summed E-state index contributed by atoms with van der Waals surface area (Å²) >= 11 is 0. The largest absolute Gasteiger partial charge is 0.348 e. The molecular formula is C25H27F2N3O2. The van der Waals surface area contributed by atoms with Gasteiger partial charge < -0.3 is 10.2 Å². The van der Waals surface area contributed by atoms with Crippen molar-refractivity contribution in [2.45, 2.75) is 63.5 Å². The van der Waals surface area contributed by atoms with Crippen molar-refractivity contribution in [2.24, 2.45) is 5.92 Å². The van der Waals surface area contributed by atoms with Crippen molar-refractivity contribution >= 4 is 22.7 Å². The molecule has 1 N–H and O–H groups in total. The minimum atomic E-state index is -3.13. The standard InChI is InChI=1S/C25H27F2N3O2/c26-23(27)25(32)30-19-12-2-1-6-15(19)7-3-9-17-14-29-24(31)20(17)22(30)18-11-4-8-16-10-5-13-28-21(16)18/h4-5,8,10-11,13,15,19,22-23H,1-3,6-7,9,12,14H2,(H,29,31)/t15?,19-,22-/m1/s1. The lowest BCUT2D eigenvalue weighted by atomic mass is 9.79. The van der Waals surface area contributed by atoms with Gasteiger partial charge in [-0.05, 0) is 49.7 Å². The molecule has 0 bridgehead atoms. The summed E-state index contributed by atoms with van der Waals surface area (Å²) in [6, 6.07) is 8.15. The summed E-state index contributed by atoms with van der Waals surface area (Å²) in [5, 5.41) is 3.74. The van der Waals surface area contributed by atoms with Crippen molar-refractivity contribution in [1.29, 1.82) is 0 Å². The Hall–Kier alpha value is -2.83. The first kappa shape index (κ1) is 21.0. The Bertz CT molecular complexity index is 1080. The Morgan fingerprint density at radius 3 is 2.72 bits per heavy atom. The van der Waals surface area contributed by atoms with Gasteiger partial charge in [0.25, 0.3) is 5.91 Å². The van der Waals surface area contributed by atoms with Gasteiger partial charge in [0, 0.05) is 35.3 Å². The highest BCUT2D eigenvalue weighted by Gasteiger charge is 2.45. The SMILES string of the molecule is O=C1NCC2=C1[C@@H](c1cccc3cccnc13)N(C(=O)C(F)F)[C@@H]1CCCCC1CCC2. The topological polar surface area (TPSA) is 62.3 Å². The number of carbonyl (C=O) groups is 2. The summed E-state index contributed by atoms with van der Waals surface area (Å²) in [5.74, 6) is -1.28. The van der Waals surface area contributed by atoms with Gasteiger partial charge >= 0.3 is 6.43 Å². The molecule has 0 saturated heterocycles. The van der Waals surface area contributed by atoms with Crippen LogP contribution in [0.25, 0.3) is 10.9 Å². The third kappa shape index (κ3) is 3.57. The molecule has 5 rings (SSSR count). The van der Waals surface area contributed by atoms with E-state index in [1.807, 2.05) is 30.3 Å². The van der Waals surface area contributed by atoms with Gasteiger partial charge in [-0.2, -0.15) is 8.78 Å². The quantitative estimate of drug-likeness (QED) is 0.747. The van der Waals surface area contributed by atoms with Gasteiger partial charge in [0.1, 0.15) is 0 Å². The van der Waals surface area contributed by atoms with Gasteiger partial charge in [0.2, 0.25) is 5.91 Å². The number of hydrogen-bond donors (Lipinski definition) is 1. The van der Waals surface area contributed by atoms with E-state index in [1.54, 1.807) is 6.20 Å². The van der Waals surface area contributed by atoms with Crippen LogP contribution in [0.1, 0.15) is 56.6 Å². The highest BCUT2D eigenvalue weighted by molar-refractivity contribution is 6.00. The van der Waals surface area contributed by atoms with E-state index >= 15 is 0 Å². The molecule has 1 aliphatic carbocycles. The van der Waals surface area contributed by atoms with Crippen molar-refractivity contribution in [3.63, 3.8) is 0 Å². The molecule has 1 aromatic heterocycles. The molecule has 0 radical (unpaired) electrons. The van der Waals surface area contributed by atoms with E-state index in [9.17, 15) is 18.4 Å². The van der Waals surface area contributed by atoms with Gasteiger partial charge in [-0.25, -0.2) is 0 Å². The number of pyridine rings is 1. The maximum atomic E-state index is 14.0. The van der Waals surface area contributed by atoms with Crippen molar-refractivity contribution < 1.29 is 18.4 Å². The van der Waals surface area contributed by atoms with E-state index in [0.29, 0.717) is 29.6 Å². The molecule has 0 spiro atoms. The van der Waals surface area contributed by atoms with Crippen molar-refractivity contribution in [3.05, 3.63) is 53.2 Å². The van der Waals surface area contributed by atoms with E-state index in [4.69, 9.17) is 0 Å².